The average Bonchev–Trinajstić information content (AvgIpc) is 3.10. The van der Waals surface area contributed by atoms with Crippen LogP contribution in [-0.2, 0) is 11.3 Å². The zero-order valence-corrected chi connectivity index (χ0v) is 19.0. The molecule has 0 aliphatic carbocycles. The molecule has 6 heteroatoms. The Bertz CT molecular complexity index is 1080. The van der Waals surface area contributed by atoms with Crippen molar-refractivity contribution in [2.75, 3.05) is 13.2 Å². The molecule has 5 nitrogen and oxygen atoms in total. The third-order valence-corrected chi connectivity index (χ3v) is 5.66. The van der Waals surface area contributed by atoms with Gasteiger partial charge in [-0.1, -0.05) is 66.2 Å². The fourth-order valence-electron chi connectivity index (χ4n) is 3.86. The number of rotatable bonds is 7. The minimum atomic E-state index is -0.305. The predicted octanol–water partition coefficient (Wildman–Crippen LogP) is 5.51. The normalized spacial score (nSPS) is 17.1. The first-order valence-electron chi connectivity index (χ1n) is 10.7. The van der Waals surface area contributed by atoms with Gasteiger partial charge in [0.25, 0.3) is 5.91 Å². The van der Waals surface area contributed by atoms with Gasteiger partial charge in [-0.2, -0.15) is 5.10 Å². The maximum absolute atomic E-state index is 13.1. The summed E-state index contributed by atoms with van der Waals surface area (Å²) in [5.74, 6) is 0.774. The number of nitrogens with zero attached hydrogens (tertiary/aromatic N) is 3. The number of ether oxygens (including phenoxy) is 1. The molecule has 164 valence electrons. The Labute approximate surface area is 193 Å². The lowest BCUT2D eigenvalue weighted by Crippen LogP contribution is -2.29. The van der Waals surface area contributed by atoms with Gasteiger partial charge < -0.3 is 4.74 Å². The van der Waals surface area contributed by atoms with E-state index in [1.165, 1.54) is 0 Å². The summed E-state index contributed by atoms with van der Waals surface area (Å²) in [5, 5.41) is 7.02. The number of amides is 1. The van der Waals surface area contributed by atoms with Gasteiger partial charge in [0.15, 0.2) is 0 Å². The van der Waals surface area contributed by atoms with Gasteiger partial charge in [-0.25, -0.2) is 5.01 Å². The highest BCUT2D eigenvalue weighted by Gasteiger charge is 2.39. The van der Waals surface area contributed by atoms with Gasteiger partial charge in [0.2, 0.25) is 0 Å². The zero-order valence-electron chi connectivity index (χ0n) is 18.2. The largest absolute Gasteiger partial charge is 0.494 e. The van der Waals surface area contributed by atoms with Crippen molar-refractivity contribution in [2.24, 2.45) is 5.10 Å². The summed E-state index contributed by atoms with van der Waals surface area (Å²) in [7, 11) is 0. The van der Waals surface area contributed by atoms with Crippen LogP contribution in [0.1, 0.15) is 36.7 Å². The Balaban J connectivity index is 1.68. The SMILES string of the molecule is CCOc1ccc([C@@H]2N(Cc3ccccc3)CC(=O)N2/N=C(/C)c2ccc(Cl)cc2)cc1. The highest BCUT2D eigenvalue weighted by molar-refractivity contribution is 6.30. The maximum atomic E-state index is 13.1. The van der Waals surface area contributed by atoms with Crippen molar-refractivity contribution in [3.8, 4) is 5.75 Å². The third kappa shape index (κ3) is 5.01. The molecule has 0 unspecified atom stereocenters. The molecule has 1 aliphatic rings. The summed E-state index contributed by atoms with van der Waals surface area (Å²) < 4.78 is 5.59. The quantitative estimate of drug-likeness (QED) is 0.449. The van der Waals surface area contributed by atoms with Crippen LogP contribution in [0.25, 0.3) is 0 Å². The van der Waals surface area contributed by atoms with E-state index in [2.05, 4.69) is 17.0 Å². The van der Waals surface area contributed by atoms with Crippen LogP contribution in [0.2, 0.25) is 5.02 Å². The van der Waals surface area contributed by atoms with Crippen molar-refractivity contribution in [2.45, 2.75) is 26.6 Å². The number of carbonyl (C=O) groups excluding carboxylic acids is 1. The van der Waals surface area contributed by atoms with E-state index < -0.39 is 0 Å². The average molecular weight is 448 g/mol. The van der Waals surface area contributed by atoms with Crippen molar-refractivity contribution < 1.29 is 9.53 Å². The first-order valence-corrected chi connectivity index (χ1v) is 11.1. The second kappa shape index (κ2) is 9.98. The van der Waals surface area contributed by atoms with Gasteiger partial charge in [-0.3, -0.25) is 9.69 Å². The molecule has 1 atom stereocenters. The molecule has 0 spiro atoms. The fraction of sp³-hybridized carbons (Fsp3) is 0.231. The molecule has 3 aromatic carbocycles. The molecule has 1 heterocycles. The van der Waals surface area contributed by atoms with Crippen molar-refractivity contribution in [3.63, 3.8) is 0 Å². The van der Waals surface area contributed by atoms with E-state index in [4.69, 9.17) is 21.4 Å². The summed E-state index contributed by atoms with van der Waals surface area (Å²) in [5.41, 5.74) is 3.82. The molecule has 1 fully saturated rings. The molecular formula is C26H26ClN3O2. The Kier molecular flexibility index (Phi) is 6.88. The van der Waals surface area contributed by atoms with E-state index in [9.17, 15) is 4.79 Å². The van der Waals surface area contributed by atoms with Gasteiger partial charge in [0, 0.05) is 11.6 Å². The highest BCUT2D eigenvalue weighted by atomic mass is 35.5. The minimum Gasteiger partial charge on any atom is -0.494 e. The van der Waals surface area contributed by atoms with Crippen LogP contribution in [0.5, 0.6) is 5.75 Å². The Hall–Kier alpha value is -3.15. The maximum Gasteiger partial charge on any atom is 0.258 e. The van der Waals surface area contributed by atoms with Gasteiger partial charge >= 0.3 is 0 Å². The summed E-state index contributed by atoms with van der Waals surface area (Å²) in [6.07, 6.45) is -0.305. The topological polar surface area (TPSA) is 45.1 Å². The molecule has 0 saturated carbocycles. The van der Waals surface area contributed by atoms with E-state index in [0.717, 1.165) is 28.2 Å². The molecule has 3 aromatic rings. The number of halogens is 1. The number of carbonyl (C=O) groups is 1. The molecule has 4 rings (SSSR count). The Morgan fingerprint density at radius 1 is 1.03 bits per heavy atom. The monoisotopic (exact) mass is 447 g/mol. The van der Waals surface area contributed by atoms with Crippen LogP contribution in [-0.4, -0.2) is 34.7 Å². The second-order valence-electron chi connectivity index (χ2n) is 7.70. The smallest absolute Gasteiger partial charge is 0.258 e. The summed E-state index contributed by atoms with van der Waals surface area (Å²) in [6.45, 7) is 5.42. The standard InChI is InChI=1S/C26H26ClN3O2/c1-3-32-24-15-11-22(12-16-24)26-29(17-20-7-5-4-6-8-20)18-25(31)30(26)28-19(2)21-9-13-23(27)14-10-21/h4-16,26H,3,17-18H2,1-2H3/b28-19-/t26-/m1/s1. The predicted molar refractivity (Wildman–Crippen MR) is 128 cm³/mol. The number of hydrazone groups is 1. The van der Waals surface area contributed by atoms with E-state index >= 15 is 0 Å². The van der Waals surface area contributed by atoms with Gasteiger partial charge in [-0.05, 0) is 54.8 Å². The molecule has 0 aromatic heterocycles. The van der Waals surface area contributed by atoms with Gasteiger partial charge in [0.05, 0.1) is 18.9 Å². The molecule has 0 bridgehead atoms. The number of hydrogen-bond donors (Lipinski definition) is 0. The first kappa shape index (κ1) is 22.1. The molecule has 0 radical (unpaired) electrons. The fourth-order valence-corrected chi connectivity index (χ4v) is 3.99. The van der Waals surface area contributed by atoms with Crippen molar-refractivity contribution in [1.29, 1.82) is 0 Å². The second-order valence-corrected chi connectivity index (χ2v) is 8.13. The lowest BCUT2D eigenvalue weighted by Gasteiger charge is -2.28. The zero-order chi connectivity index (χ0) is 22.5. The van der Waals surface area contributed by atoms with Crippen LogP contribution < -0.4 is 4.74 Å². The van der Waals surface area contributed by atoms with Crippen molar-refractivity contribution in [3.05, 3.63) is 101 Å². The van der Waals surface area contributed by atoms with E-state index in [-0.39, 0.29) is 12.1 Å². The molecule has 0 N–H and O–H groups in total. The van der Waals surface area contributed by atoms with Crippen molar-refractivity contribution in [1.82, 2.24) is 9.91 Å². The summed E-state index contributed by atoms with van der Waals surface area (Å²) in [4.78, 5) is 15.2. The molecule has 1 aliphatic heterocycles. The molecule has 1 saturated heterocycles. The molecular weight excluding hydrogens is 422 g/mol. The number of hydrogen-bond acceptors (Lipinski definition) is 4. The van der Waals surface area contributed by atoms with Gasteiger partial charge in [0.1, 0.15) is 11.9 Å². The van der Waals surface area contributed by atoms with Crippen LogP contribution in [0.4, 0.5) is 0 Å². The lowest BCUT2D eigenvalue weighted by atomic mass is 10.1. The van der Waals surface area contributed by atoms with Crippen LogP contribution in [0, 0.1) is 0 Å². The Morgan fingerprint density at radius 2 is 1.72 bits per heavy atom. The lowest BCUT2D eigenvalue weighted by molar-refractivity contribution is -0.128. The van der Waals surface area contributed by atoms with Crippen molar-refractivity contribution >= 4 is 23.2 Å². The highest BCUT2D eigenvalue weighted by Crippen LogP contribution is 2.33. The van der Waals surface area contributed by atoms with Gasteiger partial charge in [-0.15, -0.1) is 0 Å². The van der Waals surface area contributed by atoms with Crippen LogP contribution >= 0.6 is 11.6 Å². The van der Waals surface area contributed by atoms with E-state index in [1.54, 1.807) is 5.01 Å². The van der Waals surface area contributed by atoms with Crippen LogP contribution in [0.15, 0.2) is 84.0 Å². The Morgan fingerprint density at radius 3 is 2.38 bits per heavy atom. The number of benzene rings is 3. The van der Waals surface area contributed by atoms with E-state index in [0.29, 0.717) is 24.7 Å². The summed E-state index contributed by atoms with van der Waals surface area (Å²) >= 11 is 6.02. The van der Waals surface area contributed by atoms with E-state index in [1.807, 2.05) is 80.6 Å². The first-order chi connectivity index (χ1) is 15.5. The minimum absolute atomic E-state index is 0.0341. The summed E-state index contributed by atoms with van der Waals surface area (Å²) in [6, 6.07) is 25.5. The van der Waals surface area contributed by atoms with Crippen LogP contribution in [0.3, 0.4) is 0 Å². The third-order valence-electron chi connectivity index (χ3n) is 5.41. The molecule has 32 heavy (non-hydrogen) atoms. The molecule has 1 amide bonds.